The minimum atomic E-state index is -2.49. The third-order valence-corrected chi connectivity index (χ3v) is 2.52. The molecule has 0 aliphatic heterocycles. The average molecular weight is 210 g/mol. The molecule has 0 aromatic rings. The van der Waals surface area contributed by atoms with Crippen LogP contribution in [0.25, 0.3) is 0 Å². The van der Waals surface area contributed by atoms with Crippen molar-refractivity contribution in [2.75, 3.05) is 7.11 Å². The van der Waals surface area contributed by atoms with Crippen molar-refractivity contribution in [1.29, 1.82) is 0 Å². The summed E-state index contributed by atoms with van der Waals surface area (Å²) in [7, 11) is 0.990. The number of methoxy groups -OCH3 is 1. The summed E-state index contributed by atoms with van der Waals surface area (Å²) in [6.45, 7) is 0. The lowest BCUT2D eigenvalue weighted by Gasteiger charge is -2.46. The Hall–Kier alpha value is -0.280. The summed E-state index contributed by atoms with van der Waals surface area (Å²) < 4.78 is 4.42. The minimum absolute atomic E-state index is 0.990. The van der Waals surface area contributed by atoms with Crippen LogP contribution in [0.3, 0.4) is 0 Å². The van der Waals surface area contributed by atoms with Crippen molar-refractivity contribution in [1.82, 2.24) is 0 Å². The molecule has 1 fully saturated rings. The average Bonchev–Trinajstić information content (AvgIpc) is 2.21. The smallest absolute Gasteiger partial charge is 0.224 e. The van der Waals surface area contributed by atoms with Gasteiger partial charge in [0.1, 0.15) is 30.5 Å². The van der Waals surface area contributed by atoms with Gasteiger partial charge in [0.15, 0.2) is 0 Å². The van der Waals surface area contributed by atoms with Crippen LogP contribution < -0.4 is 0 Å². The summed E-state index contributed by atoms with van der Waals surface area (Å²) in [5.74, 6) is -2.49. The molecule has 0 spiro atoms. The molecule has 6 N–H and O–H groups in total. The molecule has 6 atom stereocenters. The van der Waals surface area contributed by atoms with Crippen molar-refractivity contribution >= 4 is 0 Å². The molecule has 1 saturated carbocycles. The van der Waals surface area contributed by atoms with Gasteiger partial charge in [-0.25, -0.2) is 0 Å². The molecule has 14 heavy (non-hydrogen) atoms. The van der Waals surface area contributed by atoms with E-state index in [0.717, 1.165) is 7.11 Å². The third kappa shape index (κ3) is 1.43. The van der Waals surface area contributed by atoms with E-state index in [1.165, 1.54) is 0 Å². The second kappa shape index (κ2) is 3.70. The zero-order valence-corrected chi connectivity index (χ0v) is 7.48. The van der Waals surface area contributed by atoms with Crippen molar-refractivity contribution in [3.8, 4) is 0 Å². The summed E-state index contributed by atoms with van der Waals surface area (Å²) in [6, 6.07) is 0. The molecule has 7 nitrogen and oxygen atoms in total. The van der Waals surface area contributed by atoms with Crippen LogP contribution in [0.2, 0.25) is 0 Å². The van der Waals surface area contributed by atoms with Gasteiger partial charge < -0.3 is 35.4 Å². The van der Waals surface area contributed by atoms with Crippen LogP contribution in [-0.4, -0.2) is 74.1 Å². The van der Waals surface area contributed by atoms with Crippen molar-refractivity contribution in [2.45, 2.75) is 36.3 Å². The molecule has 7 heteroatoms. The fourth-order valence-corrected chi connectivity index (χ4v) is 1.48. The molecule has 0 heterocycles. The van der Waals surface area contributed by atoms with E-state index in [0.29, 0.717) is 0 Å². The van der Waals surface area contributed by atoms with E-state index >= 15 is 0 Å². The number of rotatable bonds is 1. The maximum Gasteiger partial charge on any atom is 0.224 e. The Bertz CT molecular complexity index is 192. The first kappa shape index (κ1) is 11.8. The van der Waals surface area contributed by atoms with Crippen LogP contribution in [0, 0.1) is 0 Å². The fourth-order valence-electron chi connectivity index (χ4n) is 1.48. The maximum absolute atomic E-state index is 9.52. The predicted molar refractivity (Wildman–Crippen MR) is 42.0 cm³/mol. The predicted octanol–water partition coefficient (Wildman–Crippen LogP) is -3.86. The van der Waals surface area contributed by atoms with E-state index in [4.69, 9.17) is 5.11 Å². The molecule has 1 aliphatic carbocycles. The van der Waals surface area contributed by atoms with Gasteiger partial charge in [0.2, 0.25) is 5.79 Å². The molecule has 0 radical (unpaired) electrons. The first-order valence-corrected chi connectivity index (χ1v) is 4.04. The SMILES string of the molecule is CO[C@@]1(O)[C@H](O)[C@@H](O)[C@H](O)[C@@H](O)[C@@H]1O. The van der Waals surface area contributed by atoms with Gasteiger partial charge in [0, 0.05) is 7.11 Å². The molecular weight excluding hydrogens is 196 g/mol. The number of ether oxygens (including phenoxy) is 1. The summed E-state index contributed by atoms with van der Waals surface area (Å²) in [5.41, 5.74) is 0. The van der Waals surface area contributed by atoms with Gasteiger partial charge in [-0.3, -0.25) is 0 Å². The highest BCUT2D eigenvalue weighted by Gasteiger charge is 2.58. The molecule has 0 bridgehead atoms. The van der Waals surface area contributed by atoms with E-state index in [9.17, 15) is 25.5 Å². The Labute approximate surface area is 79.8 Å². The molecule has 0 saturated heterocycles. The van der Waals surface area contributed by atoms with Crippen LogP contribution in [0.1, 0.15) is 0 Å². The van der Waals surface area contributed by atoms with Gasteiger partial charge in [-0.05, 0) is 0 Å². The topological polar surface area (TPSA) is 131 Å². The lowest BCUT2D eigenvalue weighted by molar-refractivity contribution is -0.353. The Kier molecular flexibility index (Phi) is 3.12. The lowest BCUT2D eigenvalue weighted by atomic mass is 9.82. The zero-order chi connectivity index (χ0) is 11.1. The molecule has 0 unspecified atom stereocenters. The van der Waals surface area contributed by atoms with Crippen molar-refractivity contribution in [3.63, 3.8) is 0 Å². The minimum Gasteiger partial charge on any atom is -0.387 e. The largest absolute Gasteiger partial charge is 0.387 e. The maximum atomic E-state index is 9.52. The summed E-state index contributed by atoms with van der Waals surface area (Å²) in [5, 5.41) is 55.6. The van der Waals surface area contributed by atoms with Gasteiger partial charge in [-0.2, -0.15) is 0 Å². The summed E-state index contributed by atoms with van der Waals surface area (Å²) in [6.07, 6.45) is -9.13. The Morgan fingerprint density at radius 2 is 1.21 bits per heavy atom. The van der Waals surface area contributed by atoms with Gasteiger partial charge in [0.05, 0.1) is 0 Å². The first-order chi connectivity index (χ1) is 6.36. The Morgan fingerprint density at radius 3 is 1.50 bits per heavy atom. The number of hydrogen-bond donors (Lipinski definition) is 6. The monoisotopic (exact) mass is 210 g/mol. The van der Waals surface area contributed by atoms with Crippen molar-refractivity contribution in [2.24, 2.45) is 0 Å². The summed E-state index contributed by atoms with van der Waals surface area (Å²) in [4.78, 5) is 0. The van der Waals surface area contributed by atoms with Crippen LogP contribution in [0.5, 0.6) is 0 Å². The second-order valence-corrected chi connectivity index (χ2v) is 3.32. The van der Waals surface area contributed by atoms with Gasteiger partial charge >= 0.3 is 0 Å². The van der Waals surface area contributed by atoms with E-state index < -0.39 is 36.3 Å². The second-order valence-electron chi connectivity index (χ2n) is 3.32. The third-order valence-electron chi connectivity index (χ3n) is 2.52. The van der Waals surface area contributed by atoms with Crippen molar-refractivity contribution in [3.05, 3.63) is 0 Å². The van der Waals surface area contributed by atoms with E-state index in [1.807, 2.05) is 0 Å². The number of hydrogen-bond acceptors (Lipinski definition) is 7. The highest BCUT2D eigenvalue weighted by molar-refractivity contribution is 5.03. The molecule has 0 amide bonds. The fraction of sp³-hybridized carbons (Fsp3) is 1.00. The highest BCUT2D eigenvalue weighted by atomic mass is 16.6. The van der Waals surface area contributed by atoms with Gasteiger partial charge in [-0.1, -0.05) is 0 Å². The van der Waals surface area contributed by atoms with E-state index in [2.05, 4.69) is 4.74 Å². The Morgan fingerprint density at radius 1 is 0.857 bits per heavy atom. The van der Waals surface area contributed by atoms with Crippen molar-refractivity contribution < 1.29 is 35.4 Å². The molecule has 1 rings (SSSR count). The Balaban J connectivity index is 2.98. The van der Waals surface area contributed by atoms with Crippen LogP contribution in [0.15, 0.2) is 0 Å². The zero-order valence-electron chi connectivity index (χ0n) is 7.48. The van der Waals surface area contributed by atoms with E-state index in [-0.39, 0.29) is 0 Å². The normalized spacial score (nSPS) is 54.6. The van der Waals surface area contributed by atoms with Gasteiger partial charge in [0.25, 0.3) is 0 Å². The van der Waals surface area contributed by atoms with Crippen LogP contribution >= 0.6 is 0 Å². The molecule has 1 aliphatic rings. The lowest BCUT2D eigenvalue weighted by Crippen LogP contribution is -2.71. The van der Waals surface area contributed by atoms with Gasteiger partial charge in [-0.15, -0.1) is 0 Å². The quantitative estimate of drug-likeness (QED) is 0.244. The summed E-state index contributed by atoms with van der Waals surface area (Å²) >= 11 is 0. The molecule has 84 valence electrons. The molecular formula is C7H14O7. The molecule has 0 aromatic heterocycles. The van der Waals surface area contributed by atoms with Crippen LogP contribution in [-0.2, 0) is 4.74 Å². The van der Waals surface area contributed by atoms with E-state index in [1.54, 1.807) is 0 Å². The number of aliphatic hydroxyl groups excluding tert-OH is 5. The van der Waals surface area contributed by atoms with Crippen LogP contribution in [0.4, 0.5) is 0 Å². The standard InChI is InChI=1S/C7H14O7/c1-14-7(13)5(11)3(9)2(8)4(10)6(7)12/h2-6,8-13H,1H3/t2-,3-,4+,5+,6-,7-. The molecule has 0 aromatic carbocycles. The number of aliphatic hydroxyl groups is 6. The first-order valence-electron chi connectivity index (χ1n) is 4.04. The highest BCUT2D eigenvalue weighted by Crippen LogP contribution is 2.30.